The van der Waals surface area contributed by atoms with Gasteiger partial charge in [-0.3, -0.25) is 14.6 Å². The molecule has 7 rings (SSSR count). The maximum absolute atomic E-state index is 13.5. The van der Waals surface area contributed by atoms with Gasteiger partial charge in [0.25, 0.3) is 0 Å². The Bertz CT molecular complexity index is 977. The number of rotatable bonds is 6. The predicted molar refractivity (Wildman–Crippen MR) is 151 cm³/mol. The highest BCUT2D eigenvalue weighted by Gasteiger charge is 2.58. The van der Waals surface area contributed by atoms with Crippen LogP contribution in [0.15, 0.2) is 60.7 Å². The summed E-state index contributed by atoms with van der Waals surface area (Å²) in [6.45, 7) is 7.50. The molecule has 5 aliphatic rings. The van der Waals surface area contributed by atoms with Crippen molar-refractivity contribution in [2.75, 3.05) is 32.7 Å². The standard InChI is InChI=1S/C33H45N3O/c1-25-15-19-36(20-16-25)33-21-28(26-11-5-2-6-12-26)32(29(22-33)27-13-7-3-8-14-27)30(23-33)34-31(37)24-35-17-9-4-10-18-35/h2-3,5-8,11-14,25,28-30,32H,4,9-10,15-24H2,1H3,(H,34,37)/t28-,29-,30-,32?,33?/m1/s1. The van der Waals surface area contributed by atoms with Crippen molar-refractivity contribution in [2.24, 2.45) is 11.8 Å². The smallest absolute Gasteiger partial charge is 0.234 e. The number of amides is 1. The van der Waals surface area contributed by atoms with Crippen molar-refractivity contribution in [1.82, 2.24) is 15.1 Å². The third kappa shape index (κ3) is 5.25. The maximum atomic E-state index is 13.5. The van der Waals surface area contributed by atoms with Crippen LogP contribution in [0.25, 0.3) is 0 Å². The van der Waals surface area contributed by atoms with Crippen LogP contribution in [-0.2, 0) is 4.79 Å². The molecule has 0 unspecified atom stereocenters. The SMILES string of the molecule is CC1CCN(C23C[C@H](c4ccccc4)C([C@@H](c4ccccc4)C2)[C@H](NC(=O)CN2CCCCC2)C3)CC1. The van der Waals surface area contributed by atoms with E-state index < -0.39 is 0 Å². The fourth-order valence-electron chi connectivity index (χ4n) is 8.40. The van der Waals surface area contributed by atoms with Crippen molar-refractivity contribution in [1.29, 1.82) is 0 Å². The Morgan fingerprint density at radius 2 is 1.38 bits per heavy atom. The lowest BCUT2D eigenvalue weighted by Gasteiger charge is -2.63. The van der Waals surface area contributed by atoms with E-state index in [1.807, 2.05) is 0 Å². The first-order valence-corrected chi connectivity index (χ1v) is 15.0. The van der Waals surface area contributed by atoms with Crippen molar-refractivity contribution in [3.63, 3.8) is 0 Å². The lowest BCUT2D eigenvalue weighted by atomic mass is 9.50. The van der Waals surface area contributed by atoms with Crippen LogP contribution in [0, 0.1) is 11.8 Å². The second kappa shape index (κ2) is 10.9. The molecular formula is C33H45N3O. The third-order valence-corrected chi connectivity index (χ3v) is 10.3. The Hall–Kier alpha value is -2.17. The first-order valence-electron chi connectivity index (χ1n) is 15.0. The van der Waals surface area contributed by atoms with Crippen LogP contribution in [0.1, 0.15) is 81.3 Å². The van der Waals surface area contributed by atoms with Crippen LogP contribution in [0.4, 0.5) is 0 Å². The largest absolute Gasteiger partial charge is 0.352 e. The van der Waals surface area contributed by atoms with Crippen molar-refractivity contribution >= 4 is 5.91 Å². The molecule has 5 fully saturated rings. The molecule has 1 amide bonds. The number of likely N-dealkylation sites (tertiary alicyclic amines) is 2. The average Bonchev–Trinajstić information content (AvgIpc) is 2.94. The van der Waals surface area contributed by atoms with Gasteiger partial charge in [-0.05, 0) is 106 Å². The lowest BCUT2D eigenvalue weighted by Crippen LogP contribution is -2.66. The highest BCUT2D eigenvalue weighted by molar-refractivity contribution is 5.78. The molecule has 2 saturated heterocycles. The Labute approximate surface area is 223 Å². The molecule has 3 saturated carbocycles. The third-order valence-electron chi connectivity index (χ3n) is 10.3. The van der Waals surface area contributed by atoms with Crippen LogP contribution in [0.3, 0.4) is 0 Å². The first-order chi connectivity index (χ1) is 18.1. The first kappa shape index (κ1) is 25.1. The number of carbonyl (C=O) groups excluding carboxylic acids is 1. The van der Waals surface area contributed by atoms with Crippen molar-refractivity contribution in [2.45, 2.75) is 81.7 Å². The average molecular weight is 500 g/mol. The molecule has 0 radical (unpaired) electrons. The van der Waals surface area contributed by atoms with Gasteiger partial charge in [0.1, 0.15) is 0 Å². The Balaban J connectivity index is 1.35. The Morgan fingerprint density at radius 3 is 1.95 bits per heavy atom. The monoisotopic (exact) mass is 499 g/mol. The summed E-state index contributed by atoms with van der Waals surface area (Å²) in [6.07, 6.45) is 9.88. The van der Waals surface area contributed by atoms with E-state index in [0.717, 1.165) is 25.4 Å². The second-order valence-electron chi connectivity index (χ2n) is 12.6. The van der Waals surface area contributed by atoms with Crippen LogP contribution >= 0.6 is 0 Å². The summed E-state index contributed by atoms with van der Waals surface area (Å²) >= 11 is 0. The number of fused-ring (bicyclic) bond motifs is 3. The number of piperidine rings is 2. The fraction of sp³-hybridized carbons (Fsp3) is 0.606. The molecule has 3 atom stereocenters. The summed E-state index contributed by atoms with van der Waals surface area (Å²) in [5.41, 5.74) is 3.06. The van der Waals surface area contributed by atoms with Crippen molar-refractivity contribution in [3.8, 4) is 0 Å². The van der Waals surface area contributed by atoms with Gasteiger partial charge >= 0.3 is 0 Å². The fourth-order valence-corrected chi connectivity index (χ4v) is 8.40. The van der Waals surface area contributed by atoms with Gasteiger partial charge in [-0.15, -0.1) is 0 Å². The van der Waals surface area contributed by atoms with Gasteiger partial charge in [-0.25, -0.2) is 0 Å². The van der Waals surface area contributed by atoms with Crippen molar-refractivity contribution < 1.29 is 4.79 Å². The van der Waals surface area contributed by atoms with Gasteiger partial charge in [0.2, 0.25) is 5.91 Å². The quantitative estimate of drug-likeness (QED) is 0.545. The molecule has 2 bridgehead atoms. The van der Waals surface area contributed by atoms with Gasteiger partial charge in [-0.2, -0.15) is 0 Å². The van der Waals surface area contributed by atoms with E-state index in [0.29, 0.717) is 24.3 Å². The summed E-state index contributed by atoms with van der Waals surface area (Å²) in [6, 6.07) is 22.7. The number of hydrogen-bond acceptors (Lipinski definition) is 3. The normalized spacial score (nSPS) is 33.3. The second-order valence-corrected chi connectivity index (χ2v) is 12.6. The van der Waals surface area contributed by atoms with Gasteiger partial charge in [0, 0.05) is 11.6 Å². The summed E-state index contributed by atoms with van der Waals surface area (Å²) in [7, 11) is 0. The molecule has 3 aliphatic carbocycles. The minimum Gasteiger partial charge on any atom is -0.352 e. The molecule has 1 N–H and O–H groups in total. The van der Waals surface area contributed by atoms with E-state index in [1.54, 1.807) is 0 Å². The lowest BCUT2D eigenvalue weighted by molar-refractivity contribution is -0.126. The molecule has 2 heterocycles. The van der Waals surface area contributed by atoms with E-state index >= 15 is 0 Å². The molecule has 0 aromatic heterocycles. The van der Waals surface area contributed by atoms with Gasteiger partial charge in [0.15, 0.2) is 0 Å². The molecule has 198 valence electrons. The summed E-state index contributed by atoms with van der Waals surface area (Å²) in [4.78, 5) is 18.7. The topological polar surface area (TPSA) is 35.6 Å². The zero-order valence-corrected chi connectivity index (χ0v) is 22.7. The summed E-state index contributed by atoms with van der Waals surface area (Å²) in [5.74, 6) is 2.42. The van der Waals surface area contributed by atoms with E-state index in [4.69, 9.17) is 0 Å². The van der Waals surface area contributed by atoms with Gasteiger partial charge in [0.05, 0.1) is 6.54 Å². The Kier molecular flexibility index (Phi) is 7.40. The molecule has 0 spiro atoms. The van der Waals surface area contributed by atoms with Crippen molar-refractivity contribution in [3.05, 3.63) is 71.8 Å². The zero-order chi connectivity index (χ0) is 25.2. The van der Waals surface area contributed by atoms with E-state index in [2.05, 4.69) is 82.7 Å². The molecular weight excluding hydrogens is 454 g/mol. The number of nitrogens with one attached hydrogen (secondary N) is 1. The van der Waals surface area contributed by atoms with Crippen LogP contribution in [-0.4, -0.2) is 60.0 Å². The predicted octanol–water partition coefficient (Wildman–Crippen LogP) is 5.81. The summed E-state index contributed by atoms with van der Waals surface area (Å²) < 4.78 is 0. The summed E-state index contributed by atoms with van der Waals surface area (Å²) in [5, 5.41) is 3.66. The molecule has 4 heteroatoms. The highest BCUT2D eigenvalue weighted by atomic mass is 16.2. The van der Waals surface area contributed by atoms with Gasteiger partial charge in [-0.1, -0.05) is 74.0 Å². The Morgan fingerprint density at radius 1 is 0.811 bits per heavy atom. The highest BCUT2D eigenvalue weighted by Crippen LogP contribution is 2.60. The van der Waals surface area contributed by atoms with E-state index in [1.165, 1.54) is 69.2 Å². The van der Waals surface area contributed by atoms with Crippen LogP contribution < -0.4 is 5.32 Å². The van der Waals surface area contributed by atoms with E-state index in [-0.39, 0.29) is 17.5 Å². The van der Waals surface area contributed by atoms with Crippen LogP contribution in [0.2, 0.25) is 0 Å². The number of benzene rings is 2. The minimum atomic E-state index is 0.152. The van der Waals surface area contributed by atoms with Crippen LogP contribution in [0.5, 0.6) is 0 Å². The number of nitrogens with zero attached hydrogens (tertiary/aromatic N) is 2. The maximum Gasteiger partial charge on any atom is 0.234 e. The molecule has 2 aliphatic heterocycles. The van der Waals surface area contributed by atoms with E-state index in [9.17, 15) is 4.79 Å². The minimum absolute atomic E-state index is 0.152. The molecule has 37 heavy (non-hydrogen) atoms. The number of carbonyl (C=O) groups is 1. The molecule has 4 nitrogen and oxygen atoms in total. The zero-order valence-electron chi connectivity index (χ0n) is 22.7. The molecule has 2 aromatic rings. The molecule has 2 aromatic carbocycles. The number of hydrogen-bond donors (Lipinski definition) is 1. The van der Waals surface area contributed by atoms with Gasteiger partial charge < -0.3 is 5.32 Å².